The molecule has 1 saturated carbocycles. The van der Waals surface area contributed by atoms with Gasteiger partial charge in [0, 0.05) is 23.9 Å². The molecule has 0 aromatic carbocycles. The second-order valence-corrected chi connectivity index (χ2v) is 6.85. The number of rotatable bonds is 5. The van der Waals surface area contributed by atoms with E-state index >= 15 is 0 Å². The molecule has 0 amide bonds. The van der Waals surface area contributed by atoms with Crippen LogP contribution < -0.4 is 5.32 Å². The van der Waals surface area contributed by atoms with Crippen molar-refractivity contribution < 1.29 is 0 Å². The molecule has 1 atom stereocenters. The van der Waals surface area contributed by atoms with Crippen LogP contribution in [-0.4, -0.2) is 48.1 Å². The molecule has 17 heavy (non-hydrogen) atoms. The number of likely N-dealkylation sites (tertiary alicyclic amines) is 1. The highest BCUT2D eigenvalue weighted by molar-refractivity contribution is 7.99. The van der Waals surface area contributed by atoms with Crippen LogP contribution in [0.2, 0.25) is 0 Å². The van der Waals surface area contributed by atoms with Gasteiger partial charge in [0.2, 0.25) is 0 Å². The fourth-order valence-electron chi connectivity index (χ4n) is 3.15. The van der Waals surface area contributed by atoms with E-state index in [4.69, 9.17) is 0 Å². The maximum absolute atomic E-state index is 3.76. The van der Waals surface area contributed by atoms with Gasteiger partial charge in [0.25, 0.3) is 0 Å². The van der Waals surface area contributed by atoms with Gasteiger partial charge in [0.05, 0.1) is 0 Å². The maximum atomic E-state index is 3.76. The first-order chi connectivity index (χ1) is 8.29. The Bertz CT molecular complexity index is 208. The van der Waals surface area contributed by atoms with Crippen LogP contribution in [0.25, 0.3) is 0 Å². The lowest BCUT2D eigenvalue weighted by Crippen LogP contribution is -2.46. The summed E-state index contributed by atoms with van der Waals surface area (Å²) in [7, 11) is 0. The average Bonchev–Trinajstić information content (AvgIpc) is 2.89. The fraction of sp³-hybridized carbons (Fsp3) is 1.00. The molecule has 1 unspecified atom stereocenters. The Kier molecular flexibility index (Phi) is 5.64. The quantitative estimate of drug-likeness (QED) is 0.814. The van der Waals surface area contributed by atoms with Gasteiger partial charge in [-0.3, -0.25) is 4.90 Å². The van der Waals surface area contributed by atoms with Gasteiger partial charge < -0.3 is 5.32 Å². The van der Waals surface area contributed by atoms with Crippen LogP contribution in [0, 0.1) is 0 Å². The summed E-state index contributed by atoms with van der Waals surface area (Å²) < 4.78 is 0. The molecule has 2 rings (SSSR count). The van der Waals surface area contributed by atoms with Crippen LogP contribution in [0.1, 0.15) is 45.4 Å². The zero-order valence-corrected chi connectivity index (χ0v) is 12.3. The molecule has 100 valence electrons. The number of hydrogen-bond donors (Lipinski definition) is 1. The summed E-state index contributed by atoms with van der Waals surface area (Å²) in [5.41, 5.74) is 0. The van der Waals surface area contributed by atoms with Crippen LogP contribution in [0.3, 0.4) is 0 Å². The molecule has 2 nitrogen and oxygen atoms in total. The minimum Gasteiger partial charge on any atom is -0.312 e. The molecule has 0 spiro atoms. The summed E-state index contributed by atoms with van der Waals surface area (Å²) in [4.78, 5) is 2.68. The maximum Gasteiger partial charge on any atom is 0.0192 e. The Morgan fingerprint density at radius 2 is 1.82 bits per heavy atom. The Morgan fingerprint density at radius 1 is 1.18 bits per heavy atom. The third kappa shape index (κ3) is 4.15. The summed E-state index contributed by atoms with van der Waals surface area (Å²) in [5, 5.41) is 4.67. The summed E-state index contributed by atoms with van der Waals surface area (Å²) in [6.45, 7) is 6.19. The van der Waals surface area contributed by atoms with Gasteiger partial charge in [-0.15, -0.1) is 0 Å². The Morgan fingerprint density at radius 3 is 2.41 bits per heavy atom. The lowest BCUT2D eigenvalue weighted by Gasteiger charge is -2.36. The zero-order chi connectivity index (χ0) is 12.1. The molecular formula is C14H28N2S. The zero-order valence-electron chi connectivity index (χ0n) is 11.5. The topological polar surface area (TPSA) is 15.3 Å². The van der Waals surface area contributed by atoms with Crippen molar-refractivity contribution in [1.29, 1.82) is 0 Å². The summed E-state index contributed by atoms with van der Waals surface area (Å²) >= 11 is 2.05. The van der Waals surface area contributed by atoms with E-state index in [-0.39, 0.29) is 0 Å². The van der Waals surface area contributed by atoms with Crippen LogP contribution in [0.4, 0.5) is 0 Å². The lowest BCUT2D eigenvalue weighted by molar-refractivity contribution is 0.171. The van der Waals surface area contributed by atoms with E-state index in [9.17, 15) is 0 Å². The smallest absolute Gasteiger partial charge is 0.0192 e. The fourth-order valence-corrected chi connectivity index (χ4v) is 3.83. The number of nitrogens with one attached hydrogen (secondary N) is 1. The van der Waals surface area contributed by atoms with Gasteiger partial charge in [0.1, 0.15) is 0 Å². The highest BCUT2D eigenvalue weighted by Crippen LogP contribution is 2.22. The largest absolute Gasteiger partial charge is 0.312 e. The van der Waals surface area contributed by atoms with Crippen molar-refractivity contribution in [2.24, 2.45) is 0 Å². The minimum atomic E-state index is 0.721. The molecule has 1 heterocycles. The molecule has 1 N–H and O–H groups in total. The highest BCUT2D eigenvalue weighted by Gasteiger charge is 2.23. The van der Waals surface area contributed by atoms with E-state index in [0.29, 0.717) is 0 Å². The van der Waals surface area contributed by atoms with Crippen LogP contribution >= 0.6 is 11.8 Å². The molecule has 0 aromatic heterocycles. The van der Waals surface area contributed by atoms with Crippen molar-refractivity contribution in [3.05, 3.63) is 0 Å². The molecule has 1 saturated heterocycles. The Hall–Kier alpha value is 0.270. The summed E-state index contributed by atoms with van der Waals surface area (Å²) in [5.74, 6) is 0. The van der Waals surface area contributed by atoms with Crippen LogP contribution in [-0.2, 0) is 0 Å². The van der Waals surface area contributed by atoms with Crippen molar-refractivity contribution in [1.82, 2.24) is 10.2 Å². The molecule has 3 heteroatoms. The van der Waals surface area contributed by atoms with E-state index in [2.05, 4.69) is 35.2 Å². The van der Waals surface area contributed by atoms with Gasteiger partial charge in [0.15, 0.2) is 0 Å². The van der Waals surface area contributed by atoms with Crippen molar-refractivity contribution >= 4 is 11.8 Å². The minimum absolute atomic E-state index is 0.721. The third-order valence-corrected chi connectivity index (χ3v) is 5.63. The van der Waals surface area contributed by atoms with Gasteiger partial charge in [-0.2, -0.15) is 11.8 Å². The number of nitrogens with zero attached hydrogens (tertiary/aromatic N) is 1. The highest BCUT2D eigenvalue weighted by atomic mass is 32.2. The van der Waals surface area contributed by atoms with Gasteiger partial charge in [-0.1, -0.05) is 12.8 Å². The van der Waals surface area contributed by atoms with Crippen molar-refractivity contribution in [2.75, 3.05) is 25.9 Å². The van der Waals surface area contributed by atoms with Gasteiger partial charge >= 0.3 is 0 Å². The SMILES string of the molecule is CSC1CCN(C(C)CNC2CCCC2)CC1. The molecule has 0 radical (unpaired) electrons. The second-order valence-electron chi connectivity index (χ2n) is 5.71. The first-order valence-electron chi connectivity index (χ1n) is 7.30. The first kappa shape index (κ1) is 13.7. The van der Waals surface area contributed by atoms with Crippen molar-refractivity contribution in [3.8, 4) is 0 Å². The molecule has 1 aliphatic heterocycles. The van der Waals surface area contributed by atoms with Crippen LogP contribution in [0.15, 0.2) is 0 Å². The van der Waals surface area contributed by atoms with Gasteiger partial charge in [-0.25, -0.2) is 0 Å². The van der Waals surface area contributed by atoms with Gasteiger partial charge in [-0.05, 0) is 52.0 Å². The predicted molar refractivity (Wildman–Crippen MR) is 77.8 cm³/mol. The number of piperidine rings is 1. The van der Waals surface area contributed by atoms with Crippen LogP contribution in [0.5, 0.6) is 0 Å². The summed E-state index contributed by atoms with van der Waals surface area (Å²) in [6, 6.07) is 1.54. The Labute approximate surface area is 111 Å². The van der Waals surface area contributed by atoms with E-state index in [1.165, 1.54) is 58.2 Å². The molecule has 0 bridgehead atoms. The Balaban J connectivity index is 1.64. The van der Waals surface area contributed by atoms with Crippen molar-refractivity contribution in [2.45, 2.75) is 62.8 Å². The van der Waals surface area contributed by atoms with E-state index < -0.39 is 0 Å². The lowest BCUT2D eigenvalue weighted by atomic mass is 10.1. The monoisotopic (exact) mass is 256 g/mol. The molecule has 2 fully saturated rings. The first-order valence-corrected chi connectivity index (χ1v) is 8.58. The number of thioether (sulfide) groups is 1. The third-order valence-electron chi connectivity index (χ3n) is 4.49. The molecular weight excluding hydrogens is 228 g/mol. The van der Waals surface area contributed by atoms with Crippen molar-refractivity contribution in [3.63, 3.8) is 0 Å². The average molecular weight is 256 g/mol. The predicted octanol–water partition coefficient (Wildman–Crippen LogP) is 2.73. The van der Waals surface area contributed by atoms with E-state index in [0.717, 1.165) is 17.3 Å². The normalized spacial score (nSPS) is 26.5. The molecule has 0 aromatic rings. The summed E-state index contributed by atoms with van der Waals surface area (Å²) in [6.07, 6.45) is 10.7. The molecule has 1 aliphatic carbocycles. The standard InChI is InChI=1S/C14H28N2S/c1-12(11-15-13-5-3-4-6-13)16-9-7-14(17-2)8-10-16/h12-15H,3-11H2,1-2H3. The number of hydrogen-bond acceptors (Lipinski definition) is 3. The van der Waals surface area contributed by atoms with E-state index in [1.54, 1.807) is 0 Å². The molecule has 2 aliphatic rings. The van der Waals surface area contributed by atoms with E-state index in [1.807, 2.05) is 0 Å². The second kappa shape index (κ2) is 7.01.